The van der Waals surface area contributed by atoms with Gasteiger partial charge in [0.05, 0.1) is 6.10 Å². The van der Waals surface area contributed by atoms with E-state index in [-0.39, 0.29) is 5.92 Å². The molecule has 0 radical (unpaired) electrons. The average Bonchev–Trinajstić information content (AvgIpc) is 2.31. The molecule has 2 atom stereocenters. The summed E-state index contributed by atoms with van der Waals surface area (Å²) in [6.45, 7) is 8.03. The summed E-state index contributed by atoms with van der Waals surface area (Å²) in [5.41, 5.74) is 0.944. The number of rotatable bonds is 6. The molecular formula is C14H23ClO. The molecule has 0 spiro atoms. The molecule has 0 aliphatic carbocycles. The largest absolute Gasteiger partial charge is 0.388 e. The normalized spacial score (nSPS) is 17.9. The molecule has 16 heavy (non-hydrogen) atoms. The van der Waals surface area contributed by atoms with Crippen molar-refractivity contribution in [2.75, 3.05) is 0 Å². The summed E-state index contributed by atoms with van der Waals surface area (Å²) in [7, 11) is 0. The minimum absolute atomic E-state index is 0.144. The van der Waals surface area contributed by atoms with Crippen molar-refractivity contribution in [2.45, 2.75) is 46.6 Å². The molecule has 0 amide bonds. The lowest BCUT2D eigenvalue weighted by Crippen LogP contribution is -2.16. The van der Waals surface area contributed by atoms with Crippen LogP contribution in [0.3, 0.4) is 0 Å². The third kappa shape index (κ3) is 6.14. The van der Waals surface area contributed by atoms with Gasteiger partial charge in [-0.3, -0.25) is 0 Å². The van der Waals surface area contributed by atoms with E-state index in [9.17, 15) is 5.11 Å². The van der Waals surface area contributed by atoms with Crippen molar-refractivity contribution in [3.63, 3.8) is 0 Å². The van der Waals surface area contributed by atoms with Crippen molar-refractivity contribution in [1.82, 2.24) is 0 Å². The molecule has 1 N–H and O–H groups in total. The summed E-state index contributed by atoms with van der Waals surface area (Å²) in [6.07, 6.45) is 9.28. The standard InChI is InChI=1S/C14H23ClO/c1-5-7-8-11(3)14(16)12(4)9-10-13(15)6-2/h7-11,14,16H,5-6H2,1-4H3/b8-7+,12-9+,13-10+. The second-order valence-corrected chi connectivity index (χ2v) is 4.50. The van der Waals surface area contributed by atoms with Crippen molar-refractivity contribution in [2.24, 2.45) is 5.92 Å². The van der Waals surface area contributed by atoms with E-state index in [1.807, 2.05) is 39.0 Å². The summed E-state index contributed by atoms with van der Waals surface area (Å²) in [5, 5.41) is 10.8. The van der Waals surface area contributed by atoms with Crippen LogP contribution in [-0.2, 0) is 0 Å². The van der Waals surface area contributed by atoms with Crippen molar-refractivity contribution in [3.05, 3.63) is 34.9 Å². The first-order chi connectivity index (χ1) is 7.52. The molecular weight excluding hydrogens is 220 g/mol. The van der Waals surface area contributed by atoms with Crippen LogP contribution in [0.5, 0.6) is 0 Å². The Hall–Kier alpha value is -0.530. The second kappa shape index (κ2) is 8.60. The van der Waals surface area contributed by atoms with Crippen LogP contribution in [0.4, 0.5) is 0 Å². The highest BCUT2D eigenvalue weighted by molar-refractivity contribution is 6.29. The number of allylic oxidation sites excluding steroid dienone is 4. The third-order valence-corrected chi connectivity index (χ3v) is 2.90. The fraction of sp³-hybridized carbons (Fsp3) is 0.571. The Balaban J connectivity index is 4.48. The van der Waals surface area contributed by atoms with Gasteiger partial charge < -0.3 is 5.11 Å². The van der Waals surface area contributed by atoms with Crippen LogP contribution in [0.15, 0.2) is 34.9 Å². The van der Waals surface area contributed by atoms with Gasteiger partial charge in [-0.05, 0) is 31.4 Å². The number of aliphatic hydroxyl groups is 1. The monoisotopic (exact) mass is 242 g/mol. The summed E-state index contributed by atoms with van der Waals surface area (Å²) in [6, 6.07) is 0. The Labute approximate surface area is 105 Å². The summed E-state index contributed by atoms with van der Waals surface area (Å²) in [5.74, 6) is 0.144. The van der Waals surface area contributed by atoms with E-state index in [4.69, 9.17) is 11.6 Å². The fourth-order valence-electron chi connectivity index (χ4n) is 1.31. The molecule has 2 heteroatoms. The molecule has 0 fully saturated rings. The van der Waals surface area contributed by atoms with Crippen LogP contribution in [0.25, 0.3) is 0 Å². The van der Waals surface area contributed by atoms with Crippen LogP contribution < -0.4 is 0 Å². The van der Waals surface area contributed by atoms with Crippen molar-refractivity contribution in [1.29, 1.82) is 0 Å². The quantitative estimate of drug-likeness (QED) is 0.540. The van der Waals surface area contributed by atoms with Gasteiger partial charge in [-0.15, -0.1) is 0 Å². The molecule has 0 aliphatic rings. The van der Waals surface area contributed by atoms with Gasteiger partial charge in [0.25, 0.3) is 0 Å². The Bertz CT molecular complexity index is 276. The van der Waals surface area contributed by atoms with Gasteiger partial charge in [-0.1, -0.05) is 50.6 Å². The summed E-state index contributed by atoms with van der Waals surface area (Å²) >= 11 is 5.90. The SMILES string of the molecule is CC/C=C/C(C)C(O)/C(C)=C/C=C(/Cl)CC. The Morgan fingerprint density at radius 2 is 1.94 bits per heavy atom. The lowest BCUT2D eigenvalue weighted by atomic mass is 9.97. The van der Waals surface area contributed by atoms with Crippen LogP contribution >= 0.6 is 11.6 Å². The molecule has 1 nitrogen and oxygen atoms in total. The van der Waals surface area contributed by atoms with Crippen LogP contribution in [0.1, 0.15) is 40.5 Å². The highest BCUT2D eigenvalue weighted by atomic mass is 35.5. The summed E-state index contributed by atoms with van der Waals surface area (Å²) < 4.78 is 0. The van der Waals surface area contributed by atoms with Crippen LogP contribution in [0.2, 0.25) is 0 Å². The van der Waals surface area contributed by atoms with E-state index in [1.165, 1.54) is 0 Å². The lowest BCUT2D eigenvalue weighted by molar-refractivity contribution is 0.173. The lowest BCUT2D eigenvalue weighted by Gasteiger charge is -2.15. The number of halogens is 1. The smallest absolute Gasteiger partial charge is 0.0810 e. The average molecular weight is 243 g/mol. The third-order valence-electron chi connectivity index (χ3n) is 2.50. The predicted molar refractivity (Wildman–Crippen MR) is 72.6 cm³/mol. The Morgan fingerprint density at radius 1 is 1.31 bits per heavy atom. The zero-order valence-electron chi connectivity index (χ0n) is 10.7. The van der Waals surface area contributed by atoms with Gasteiger partial charge in [0, 0.05) is 11.0 Å². The van der Waals surface area contributed by atoms with E-state index in [0.29, 0.717) is 0 Å². The van der Waals surface area contributed by atoms with E-state index in [2.05, 4.69) is 13.0 Å². The first-order valence-electron chi connectivity index (χ1n) is 5.90. The molecule has 92 valence electrons. The number of hydrogen-bond donors (Lipinski definition) is 1. The molecule has 0 bridgehead atoms. The maximum atomic E-state index is 10.0. The molecule has 0 saturated heterocycles. The molecule has 2 unspecified atom stereocenters. The highest BCUT2D eigenvalue weighted by Crippen LogP contribution is 2.15. The number of aliphatic hydroxyl groups excluding tert-OH is 1. The molecule has 0 aromatic heterocycles. The molecule has 0 heterocycles. The predicted octanol–water partition coefficient (Wildman–Crippen LogP) is 4.43. The van der Waals surface area contributed by atoms with Crippen LogP contribution in [-0.4, -0.2) is 11.2 Å². The summed E-state index contributed by atoms with van der Waals surface area (Å²) in [4.78, 5) is 0. The molecule has 0 saturated carbocycles. The van der Waals surface area contributed by atoms with Gasteiger partial charge in [0.15, 0.2) is 0 Å². The molecule has 0 aromatic carbocycles. The Morgan fingerprint density at radius 3 is 2.44 bits per heavy atom. The van der Waals surface area contributed by atoms with Gasteiger partial charge in [-0.25, -0.2) is 0 Å². The van der Waals surface area contributed by atoms with Crippen LogP contribution in [0, 0.1) is 5.92 Å². The molecule has 0 aromatic rings. The van der Waals surface area contributed by atoms with Gasteiger partial charge >= 0.3 is 0 Å². The van der Waals surface area contributed by atoms with Crippen molar-refractivity contribution < 1.29 is 5.11 Å². The van der Waals surface area contributed by atoms with Gasteiger partial charge in [0.1, 0.15) is 0 Å². The fourth-order valence-corrected chi connectivity index (χ4v) is 1.37. The minimum atomic E-state index is -0.430. The second-order valence-electron chi connectivity index (χ2n) is 4.02. The first kappa shape index (κ1) is 15.5. The van der Waals surface area contributed by atoms with Crippen molar-refractivity contribution >= 4 is 11.6 Å². The maximum Gasteiger partial charge on any atom is 0.0810 e. The topological polar surface area (TPSA) is 20.2 Å². The first-order valence-corrected chi connectivity index (χ1v) is 6.28. The Kier molecular flexibility index (Phi) is 8.32. The van der Waals surface area contributed by atoms with Gasteiger partial charge in [-0.2, -0.15) is 0 Å². The van der Waals surface area contributed by atoms with Gasteiger partial charge in [0.2, 0.25) is 0 Å². The van der Waals surface area contributed by atoms with E-state index in [0.717, 1.165) is 23.4 Å². The molecule has 0 aliphatic heterocycles. The maximum absolute atomic E-state index is 10.0. The highest BCUT2D eigenvalue weighted by Gasteiger charge is 2.12. The van der Waals surface area contributed by atoms with Crippen molar-refractivity contribution in [3.8, 4) is 0 Å². The molecule has 0 rings (SSSR count). The van der Waals surface area contributed by atoms with E-state index >= 15 is 0 Å². The van der Waals surface area contributed by atoms with E-state index < -0.39 is 6.10 Å². The minimum Gasteiger partial charge on any atom is -0.388 e. The zero-order chi connectivity index (χ0) is 12.6. The zero-order valence-corrected chi connectivity index (χ0v) is 11.5. The number of hydrogen-bond acceptors (Lipinski definition) is 1. The van der Waals surface area contributed by atoms with E-state index in [1.54, 1.807) is 0 Å².